The van der Waals surface area contributed by atoms with E-state index in [1.54, 1.807) is 10.4 Å². The molecule has 0 N–H and O–H groups in total. The average Bonchev–Trinajstić information content (AvgIpc) is 3.03. The SMILES string of the molecule is c1ccc(-c2ccccc2-[te+]2c3ccccc3c3ccccc32)cc1. The van der Waals surface area contributed by atoms with Crippen LogP contribution < -0.4 is 0 Å². The van der Waals surface area contributed by atoms with Crippen LogP contribution in [-0.4, -0.2) is 19.1 Å². The van der Waals surface area contributed by atoms with Crippen LogP contribution in [0, 0.1) is 0 Å². The molecule has 5 aromatic rings. The van der Waals surface area contributed by atoms with E-state index in [2.05, 4.69) is 103 Å². The fourth-order valence-electron chi connectivity index (χ4n) is 3.59. The first-order valence-electron chi connectivity index (χ1n) is 8.51. The molecule has 118 valence electrons. The number of rotatable bonds is 2. The van der Waals surface area contributed by atoms with Gasteiger partial charge in [-0.2, -0.15) is 0 Å². The Hall–Kier alpha value is -2.33. The van der Waals surface area contributed by atoms with Crippen LogP contribution in [0.5, 0.6) is 0 Å². The van der Waals surface area contributed by atoms with Crippen molar-refractivity contribution in [2.75, 3.05) is 0 Å². The van der Waals surface area contributed by atoms with Crippen LogP contribution in [-0.2, 0) is 0 Å². The quantitative estimate of drug-likeness (QED) is 0.283. The summed E-state index contributed by atoms with van der Waals surface area (Å²) in [6.07, 6.45) is 0. The van der Waals surface area contributed by atoms with Crippen LogP contribution in [0.3, 0.4) is 0 Å². The molecule has 0 radical (unpaired) electrons. The second kappa shape index (κ2) is 6.19. The Morgan fingerprint density at radius 2 is 0.960 bits per heavy atom. The molecular formula is C24H17Te+. The van der Waals surface area contributed by atoms with Gasteiger partial charge in [0, 0.05) is 0 Å². The van der Waals surface area contributed by atoms with Gasteiger partial charge in [-0.25, -0.2) is 0 Å². The summed E-state index contributed by atoms with van der Waals surface area (Å²) >= 11 is -1.83. The Kier molecular flexibility index (Phi) is 3.71. The summed E-state index contributed by atoms with van der Waals surface area (Å²) in [5.74, 6) is 0. The van der Waals surface area contributed by atoms with Crippen molar-refractivity contribution in [3.8, 4) is 14.7 Å². The van der Waals surface area contributed by atoms with Crippen LogP contribution in [0.25, 0.3) is 32.3 Å². The van der Waals surface area contributed by atoms with Gasteiger partial charge in [-0.15, -0.1) is 0 Å². The van der Waals surface area contributed by atoms with Gasteiger partial charge in [-0.3, -0.25) is 0 Å². The third-order valence-corrected chi connectivity index (χ3v) is 11.5. The minimum atomic E-state index is -1.83. The molecular weight excluding hydrogens is 416 g/mol. The monoisotopic (exact) mass is 435 g/mol. The molecule has 0 saturated carbocycles. The Morgan fingerprint density at radius 3 is 1.64 bits per heavy atom. The minimum absolute atomic E-state index is 1.32. The van der Waals surface area contributed by atoms with Gasteiger partial charge in [0.1, 0.15) is 0 Å². The van der Waals surface area contributed by atoms with Gasteiger partial charge in [0.05, 0.1) is 0 Å². The van der Waals surface area contributed by atoms with E-state index in [1.165, 1.54) is 21.9 Å². The second-order valence-electron chi connectivity index (χ2n) is 6.16. The molecule has 1 heteroatoms. The van der Waals surface area contributed by atoms with Gasteiger partial charge < -0.3 is 0 Å². The molecule has 1 heterocycles. The van der Waals surface area contributed by atoms with Gasteiger partial charge in [0.2, 0.25) is 0 Å². The summed E-state index contributed by atoms with van der Waals surface area (Å²) in [7, 11) is 0. The Balaban J connectivity index is 1.92. The maximum absolute atomic E-state index is 2.36. The third kappa shape index (κ3) is 2.44. The fourth-order valence-corrected chi connectivity index (χ4v) is 10.9. The molecule has 4 aromatic carbocycles. The first-order chi connectivity index (χ1) is 12.4. The van der Waals surface area contributed by atoms with Crippen molar-refractivity contribution in [1.82, 2.24) is 0 Å². The van der Waals surface area contributed by atoms with Crippen LogP contribution in [0.1, 0.15) is 0 Å². The van der Waals surface area contributed by atoms with Crippen molar-refractivity contribution in [3.05, 3.63) is 103 Å². The van der Waals surface area contributed by atoms with Gasteiger partial charge in [0.25, 0.3) is 0 Å². The molecule has 5 rings (SSSR count). The van der Waals surface area contributed by atoms with Crippen molar-refractivity contribution in [1.29, 1.82) is 0 Å². The molecule has 0 fully saturated rings. The molecule has 0 atom stereocenters. The average molecular weight is 433 g/mol. The van der Waals surface area contributed by atoms with Crippen molar-refractivity contribution >= 4 is 36.6 Å². The van der Waals surface area contributed by atoms with E-state index in [9.17, 15) is 0 Å². The number of hydrogen-bond donors (Lipinski definition) is 0. The zero-order chi connectivity index (χ0) is 16.6. The Labute approximate surface area is 154 Å². The summed E-state index contributed by atoms with van der Waals surface area (Å²) in [6, 6.07) is 37.8. The normalized spacial score (nSPS) is 11.2. The van der Waals surface area contributed by atoms with E-state index < -0.39 is 19.1 Å². The van der Waals surface area contributed by atoms with Crippen molar-refractivity contribution < 1.29 is 0 Å². The molecule has 0 bridgehead atoms. The van der Waals surface area contributed by atoms with E-state index in [0.29, 0.717) is 0 Å². The number of hydrogen-bond acceptors (Lipinski definition) is 0. The summed E-state index contributed by atoms with van der Waals surface area (Å²) in [4.78, 5) is 0. The third-order valence-electron chi connectivity index (χ3n) is 4.70. The van der Waals surface area contributed by atoms with Crippen LogP contribution in [0.15, 0.2) is 103 Å². The molecule has 0 aliphatic carbocycles. The molecule has 0 amide bonds. The molecule has 0 aliphatic heterocycles. The van der Waals surface area contributed by atoms with Crippen LogP contribution in [0.2, 0.25) is 0 Å². The number of benzene rings is 4. The van der Waals surface area contributed by atoms with E-state index in [1.807, 2.05) is 0 Å². The van der Waals surface area contributed by atoms with Crippen LogP contribution >= 0.6 is 0 Å². The van der Waals surface area contributed by atoms with Gasteiger partial charge in [0.15, 0.2) is 0 Å². The Morgan fingerprint density at radius 1 is 0.440 bits per heavy atom. The van der Waals surface area contributed by atoms with E-state index in [-0.39, 0.29) is 0 Å². The predicted octanol–water partition coefficient (Wildman–Crippen LogP) is 6.39. The second-order valence-corrected chi connectivity index (χ2v) is 11.7. The van der Waals surface area contributed by atoms with Crippen molar-refractivity contribution in [2.45, 2.75) is 0 Å². The Bertz CT molecular complexity index is 1130. The summed E-state index contributed by atoms with van der Waals surface area (Å²) in [5, 5.41) is 2.88. The molecule has 0 unspecified atom stereocenters. The first kappa shape index (κ1) is 15.0. The van der Waals surface area contributed by atoms with Gasteiger partial charge >= 0.3 is 155 Å². The first-order valence-corrected chi connectivity index (χ1v) is 12.0. The predicted molar refractivity (Wildman–Crippen MR) is 110 cm³/mol. The van der Waals surface area contributed by atoms with Crippen molar-refractivity contribution in [3.63, 3.8) is 0 Å². The maximum atomic E-state index is 2.36. The molecule has 25 heavy (non-hydrogen) atoms. The summed E-state index contributed by atoms with van der Waals surface area (Å²) < 4.78 is 4.71. The molecule has 1 aromatic heterocycles. The standard InChI is InChI=1S/C24H17Te/c1-2-10-18(11-3-1)19-12-4-7-15-22(19)25-23-16-8-5-13-20(23)21-14-6-9-17-24(21)25/h1-17H/q+1. The van der Waals surface area contributed by atoms with E-state index in [0.717, 1.165) is 0 Å². The van der Waals surface area contributed by atoms with Crippen LogP contribution in [0.4, 0.5) is 0 Å². The summed E-state index contributed by atoms with van der Waals surface area (Å²) in [5.41, 5.74) is 2.71. The van der Waals surface area contributed by atoms with E-state index >= 15 is 0 Å². The molecule has 0 aliphatic rings. The molecule has 0 saturated heterocycles. The van der Waals surface area contributed by atoms with Gasteiger partial charge in [-0.05, 0) is 0 Å². The fraction of sp³-hybridized carbons (Fsp3) is 0. The number of fused-ring (bicyclic) bond motifs is 3. The zero-order valence-corrected chi connectivity index (χ0v) is 16.1. The molecule has 0 spiro atoms. The van der Waals surface area contributed by atoms with E-state index in [4.69, 9.17) is 0 Å². The summed E-state index contributed by atoms with van der Waals surface area (Å²) in [6.45, 7) is 0. The van der Waals surface area contributed by atoms with Crippen molar-refractivity contribution in [2.24, 2.45) is 0 Å². The zero-order valence-electron chi connectivity index (χ0n) is 13.7. The topological polar surface area (TPSA) is 0 Å². The van der Waals surface area contributed by atoms with Gasteiger partial charge in [-0.1, -0.05) is 0 Å². The molecule has 0 nitrogen and oxygen atoms in total.